The SMILES string of the molecule is CCN(CC#N)C(=O)c1nc(C2CC2)n(-c2ccccc2Cl)n1. The van der Waals surface area contributed by atoms with Crippen LogP contribution in [-0.4, -0.2) is 38.7 Å². The van der Waals surface area contributed by atoms with E-state index >= 15 is 0 Å². The van der Waals surface area contributed by atoms with Crippen molar-refractivity contribution in [2.45, 2.75) is 25.7 Å². The smallest absolute Gasteiger partial charge is 0.294 e. The van der Waals surface area contributed by atoms with Crippen molar-refractivity contribution in [1.82, 2.24) is 19.7 Å². The average Bonchev–Trinajstić information content (AvgIpc) is 3.31. The topological polar surface area (TPSA) is 74.8 Å². The largest absolute Gasteiger partial charge is 0.323 e. The number of halogens is 1. The Hall–Kier alpha value is -2.39. The van der Waals surface area contributed by atoms with E-state index in [1.54, 1.807) is 10.7 Å². The molecule has 0 unspecified atom stereocenters. The highest BCUT2D eigenvalue weighted by molar-refractivity contribution is 6.32. The van der Waals surface area contributed by atoms with Crippen molar-refractivity contribution in [1.29, 1.82) is 5.26 Å². The number of hydrogen-bond acceptors (Lipinski definition) is 4. The van der Waals surface area contributed by atoms with Gasteiger partial charge in [-0.2, -0.15) is 5.26 Å². The first-order valence-electron chi connectivity index (χ1n) is 7.53. The Morgan fingerprint density at radius 1 is 1.48 bits per heavy atom. The molecule has 1 aromatic heterocycles. The van der Waals surface area contributed by atoms with Gasteiger partial charge in [-0.1, -0.05) is 23.7 Å². The summed E-state index contributed by atoms with van der Waals surface area (Å²) in [6.45, 7) is 2.28. The highest BCUT2D eigenvalue weighted by Crippen LogP contribution is 2.40. The fourth-order valence-electron chi connectivity index (χ4n) is 2.38. The lowest BCUT2D eigenvalue weighted by Gasteiger charge is -2.14. The summed E-state index contributed by atoms with van der Waals surface area (Å²) in [5.41, 5.74) is 0.714. The molecule has 3 rings (SSSR count). The summed E-state index contributed by atoms with van der Waals surface area (Å²) >= 11 is 6.26. The molecule has 1 aromatic carbocycles. The zero-order valence-corrected chi connectivity index (χ0v) is 13.5. The van der Waals surface area contributed by atoms with E-state index in [0.717, 1.165) is 18.7 Å². The van der Waals surface area contributed by atoms with Crippen molar-refractivity contribution in [3.05, 3.63) is 40.9 Å². The zero-order valence-electron chi connectivity index (χ0n) is 12.7. The van der Waals surface area contributed by atoms with Crippen molar-refractivity contribution in [3.63, 3.8) is 0 Å². The van der Waals surface area contributed by atoms with Gasteiger partial charge in [0.25, 0.3) is 5.91 Å². The molecule has 0 aliphatic heterocycles. The van der Waals surface area contributed by atoms with Crippen LogP contribution >= 0.6 is 11.6 Å². The lowest BCUT2D eigenvalue weighted by atomic mass is 10.3. The molecule has 7 heteroatoms. The van der Waals surface area contributed by atoms with Gasteiger partial charge >= 0.3 is 0 Å². The van der Waals surface area contributed by atoms with E-state index in [1.165, 1.54) is 4.90 Å². The first kappa shape index (κ1) is 15.5. The molecule has 0 spiro atoms. The molecule has 1 aliphatic carbocycles. The van der Waals surface area contributed by atoms with Gasteiger partial charge < -0.3 is 4.90 Å². The van der Waals surface area contributed by atoms with Crippen LogP contribution in [0, 0.1) is 11.3 Å². The van der Waals surface area contributed by atoms with Crippen molar-refractivity contribution in [2.75, 3.05) is 13.1 Å². The van der Waals surface area contributed by atoms with E-state index in [2.05, 4.69) is 10.1 Å². The highest BCUT2D eigenvalue weighted by Gasteiger charge is 2.32. The highest BCUT2D eigenvalue weighted by atomic mass is 35.5. The molecule has 23 heavy (non-hydrogen) atoms. The Labute approximate surface area is 139 Å². The molecule has 1 saturated carbocycles. The summed E-state index contributed by atoms with van der Waals surface area (Å²) in [6, 6.07) is 9.34. The van der Waals surface area contributed by atoms with Gasteiger partial charge in [0, 0.05) is 12.5 Å². The van der Waals surface area contributed by atoms with Gasteiger partial charge in [0.2, 0.25) is 5.82 Å². The number of para-hydroxylation sites is 1. The first-order valence-corrected chi connectivity index (χ1v) is 7.91. The van der Waals surface area contributed by atoms with E-state index in [-0.39, 0.29) is 18.3 Å². The number of hydrogen-bond donors (Lipinski definition) is 0. The molecule has 0 atom stereocenters. The standard InChI is InChI=1S/C16H16ClN5O/c1-2-21(10-9-18)16(23)14-19-15(11-7-8-11)22(20-14)13-6-4-3-5-12(13)17/h3-6,11H,2,7-8,10H2,1H3. The minimum atomic E-state index is -0.332. The van der Waals surface area contributed by atoms with Crippen molar-refractivity contribution in [3.8, 4) is 11.8 Å². The Morgan fingerprint density at radius 2 is 2.22 bits per heavy atom. The minimum absolute atomic E-state index is 0.0225. The average molecular weight is 330 g/mol. The van der Waals surface area contributed by atoms with Gasteiger partial charge in [-0.15, -0.1) is 5.10 Å². The number of carbonyl (C=O) groups is 1. The Bertz CT molecular complexity index is 775. The summed E-state index contributed by atoms with van der Waals surface area (Å²) < 4.78 is 1.66. The second kappa shape index (κ2) is 6.39. The van der Waals surface area contributed by atoms with E-state index in [9.17, 15) is 4.79 Å². The lowest BCUT2D eigenvalue weighted by molar-refractivity contribution is 0.0772. The maximum Gasteiger partial charge on any atom is 0.294 e. The van der Waals surface area contributed by atoms with Gasteiger partial charge in [-0.3, -0.25) is 4.79 Å². The number of amides is 1. The van der Waals surface area contributed by atoms with Gasteiger partial charge in [-0.05, 0) is 31.9 Å². The molecule has 6 nitrogen and oxygen atoms in total. The molecule has 1 fully saturated rings. The first-order chi connectivity index (χ1) is 11.2. The Balaban J connectivity index is 2.02. The molecule has 0 radical (unpaired) electrons. The van der Waals surface area contributed by atoms with E-state index < -0.39 is 0 Å². The summed E-state index contributed by atoms with van der Waals surface area (Å²) in [5, 5.41) is 13.8. The van der Waals surface area contributed by atoms with Crippen LogP contribution in [0.1, 0.15) is 42.1 Å². The van der Waals surface area contributed by atoms with E-state index in [1.807, 2.05) is 31.2 Å². The van der Waals surface area contributed by atoms with Crippen LogP contribution in [0.5, 0.6) is 0 Å². The number of rotatable bonds is 5. The second-order valence-electron chi connectivity index (χ2n) is 5.41. The normalized spacial score (nSPS) is 13.6. The number of nitrogens with zero attached hydrogens (tertiary/aromatic N) is 5. The van der Waals surface area contributed by atoms with Crippen LogP contribution in [0.3, 0.4) is 0 Å². The molecule has 0 bridgehead atoms. The van der Waals surface area contributed by atoms with Crippen LogP contribution < -0.4 is 0 Å². The van der Waals surface area contributed by atoms with Gasteiger partial charge in [0.15, 0.2) is 0 Å². The second-order valence-corrected chi connectivity index (χ2v) is 5.82. The fourth-order valence-corrected chi connectivity index (χ4v) is 2.59. The predicted molar refractivity (Wildman–Crippen MR) is 85.5 cm³/mol. The molecular weight excluding hydrogens is 314 g/mol. The molecule has 0 N–H and O–H groups in total. The third-order valence-electron chi connectivity index (χ3n) is 3.78. The van der Waals surface area contributed by atoms with Crippen LogP contribution in [-0.2, 0) is 0 Å². The van der Waals surface area contributed by atoms with Gasteiger partial charge in [-0.25, -0.2) is 9.67 Å². The van der Waals surface area contributed by atoms with Gasteiger partial charge in [0.05, 0.1) is 16.8 Å². The van der Waals surface area contributed by atoms with Gasteiger partial charge in [0.1, 0.15) is 12.4 Å². The monoisotopic (exact) mass is 329 g/mol. The van der Waals surface area contributed by atoms with Crippen LogP contribution in [0.2, 0.25) is 5.02 Å². The quantitative estimate of drug-likeness (QED) is 0.790. The summed E-state index contributed by atoms with van der Waals surface area (Å²) in [7, 11) is 0. The van der Waals surface area contributed by atoms with Crippen LogP contribution in [0.15, 0.2) is 24.3 Å². The molecule has 1 aliphatic rings. The molecule has 118 valence electrons. The third kappa shape index (κ3) is 3.06. The Morgan fingerprint density at radius 3 is 2.83 bits per heavy atom. The van der Waals surface area contributed by atoms with Crippen molar-refractivity contribution >= 4 is 17.5 Å². The van der Waals surface area contributed by atoms with Crippen LogP contribution in [0.25, 0.3) is 5.69 Å². The molecular formula is C16H16ClN5O. The third-order valence-corrected chi connectivity index (χ3v) is 4.10. The fraction of sp³-hybridized carbons (Fsp3) is 0.375. The minimum Gasteiger partial charge on any atom is -0.323 e. The summed E-state index contributed by atoms with van der Waals surface area (Å²) in [6.07, 6.45) is 2.07. The molecule has 1 heterocycles. The Kier molecular flexibility index (Phi) is 4.30. The number of aromatic nitrogens is 3. The van der Waals surface area contributed by atoms with Crippen LogP contribution in [0.4, 0.5) is 0 Å². The number of nitriles is 1. The van der Waals surface area contributed by atoms with E-state index in [4.69, 9.17) is 16.9 Å². The zero-order chi connectivity index (χ0) is 16.4. The summed E-state index contributed by atoms with van der Waals surface area (Å²) in [5.74, 6) is 0.853. The summed E-state index contributed by atoms with van der Waals surface area (Å²) in [4.78, 5) is 18.3. The molecule has 1 amide bonds. The predicted octanol–water partition coefficient (Wildman–Crippen LogP) is 2.78. The molecule has 0 saturated heterocycles. The maximum absolute atomic E-state index is 12.5. The van der Waals surface area contributed by atoms with E-state index in [0.29, 0.717) is 23.2 Å². The van der Waals surface area contributed by atoms with Crippen molar-refractivity contribution < 1.29 is 4.79 Å². The van der Waals surface area contributed by atoms with Crippen molar-refractivity contribution in [2.24, 2.45) is 0 Å². The number of benzene rings is 1. The lowest BCUT2D eigenvalue weighted by Crippen LogP contribution is -2.32. The maximum atomic E-state index is 12.5. The molecule has 2 aromatic rings. The number of carbonyl (C=O) groups excluding carboxylic acids is 1.